The van der Waals surface area contributed by atoms with Crippen molar-refractivity contribution >= 4 is 5.91 Å². The van der Waals surface area contributed by atoms with E-state index in [1.54, 1.807) is 6.20 Å². The van der Waals surface area contributed by atoms with E-state index in [9.17, 15) is 13.6 Å². The average molecular weight is 490 g/mol. The van der Waals surface area contributed by atoms with Crippen molar-refractivity contribution < 1.29 is 23.0 Å². The molecule has 6 nitrogen and oxygen atoms in total. The largest absolute Gasteiger partial charge is 0.477 e. The molecule has 0 bridgehead atoms. The first-order valence-corrected chi connectivity index (χ1v) is 12.6. The zero-order valence-corrected chi connectivity index (χ0v) is 21.2. The molecule has 1 amide bonds. The topological polar surface area (TPSA) is 65.4 Å². The van der Waals surface area contributed by atoms with Crippen LogP contribution in [0.5, 0.6) is 5.88 Å². The molecule has 0 radical (unpaired) electrons. The fourth-order valence-corrected chi connectivity index (χ4v) is 4.73. The van der Waals surface area contributed by atoms with Gasteiger partial charge in [-0.05, 0) is 43.2 Å². The maximum absolute atomic E-state index is 14.0. The smallest absolute Gasteiger partial charge is 0.269 e. The summed E-state index contributed by atoms with van der Waals surface area (Å²) in [5.41, 5.74) is 2.30. The van der Waals surface area contributed by atoms with Gasteiger partial charge in [0.15, 0.2) is 0 Å². The molecule has 3 heterocycles. The molecule has 2 aromatic heterocycles. The van der Waals surface area contributed by atoms with Crippen molar-refractivity contribution in [3.8, 4) is 17.1 Å². The average Bonchev–Trinajstić information content (AvgIpc) is 3.11. The first-order chi connectivity index (χ1) is 16.6. The van der Waals surface area contributed by atoms with Gasteiger partial charge in [0.1, 0.15) is 0 Å². The van der Waals surface area contributed by atoms with Crippen molar-refractivity contribution in [2.24, 2.45) is 11.3 Å². The van der Waals surface area contributed by atoms with Crippen LogP contribution in [-0.2, 0) is 11.3 Å². The van der Waals surface area contributed by atoms with E-state index >= 15 is 0 Å². The van der Waals surface area contributed by atoms with Crippen LogP contribution in [0.2, 0.25) is 0 Å². The third-order valence-electron chi connectivity index (χ3n) is 6.80. The van der Waals surface area contributed by atoms with Crippen molar-refractivity contribution in [2.75, 3.05) is 19.8 Å². The summed E-state index contributed by atoms with van der Waals surface area (Å²) in [4.78, 5) is 17.3. The second-order valence-electron chi connectivity index (χ2n) is 11.1. The molecule has 35 heavy (non-hydrogen) atoms. The lowest BCUT2D eigenvalue weighted by atomic mass is 9.89. The van der Waals surface area contributed by atoms with Crippen LogP contribution in [-0.4, -0.2) is 41.3 Å². The number of rotatable bonds is 8. The molecule has 8 heteroatoms. The summed E-state index contributed by atoms with van der Waals surface area (Å²) in [6.07, 6.45) is 4.79. The van der Waals surface area contributed by atoms with Crippen LogP contribution < -0.4 is 10.1 Å². The van der Waals surface area contributed by atoms with Gasteiger partial charge in [-0.25, -0.2) is 13.8 Å². The molecule has 0 spiro atoms. The second kappa shape index (κ2) is 10.6. The number of hydrogen-bond acceptors (Lipinski definition) is 4. The highest BCUT2D eigenvalue weighted by Gasteiger charge is 2.27. The Kier molecular flexibility index (Phi) is 7.79. The highest BCUT2D eigenvalue weighted by Crippen LogP contribution is 2.35. The molecule has 0 aromatic carbocycles. The Balaban J connectivity index is 1.69. The summed E-state index contributed by atoms with van der Waals surface area (Å²) in [7, 11) is 0. The Morgan fingerprint density at radius 1 is 1.23 bits per heavy atom. The lowest BCUT2D eigenvalue weighted by Crippen LogP contribution is -2.48. The first-order valence-electron chi connectivity index (χ1n) is 12.6. The van der Waals surface area contributed by atoms with E-state index in [4.69, 9.17) is 9.47 Å². The summed E-state index contributed by atoms with van der Waals surface area (Å²) in [6, 6.07) is 3.29. The minimum Gasteiger partial charge on any atom is -0.477 e. The van der Waals surface area contributed by atoms with Gasteiger partial charge in [-0.15, -0.1) is 0 Å². The molecule has 1 saturated carbocycles. The molecule has 1 aliphatic heterocycles. The molecule has 0 atom stereocenters. The third kappa shape index (κ3) is 6.21. The maximum atomic E-state index is 14.0. The van der Waals surface area contributed by atoms with Gasteiger partial charge in [0.25, 0.3) is 12.3 Å². The molecular formula is C27H37F2N3O3. The van der Waals surface area contributed by atoms with Gasteiger partial charge >= 0.3 is 0 Å². The van der Waals surface area contributed by atoms with E-state index in [0.717, 1.165) is 30.8 Å². The number of alkyl halides is 2. The summed E-state index contributed by atoms with van der Waals surface area (Å²) in [5, 5.41) is 3.01. The maximum Gasteiger partial charge on any atom is 0.269 e. The highest BCUT2D eigenvalue weighted by molar-refractivity contribution is 5.97. The highest BCUT2D eigenvalue weighted by atomic mass is 19.3. The third-order valence-corrected chi connectivity index (χ3v) is 6.80. The quantitative estimate of drug-likeness (QED) is 0.499. The number of pyridine rings is 1. The fourth-order valence-electron chi connectivity index (χ4n) is 4.73. The number of ether oxygens (including phenoxy) is 2. The number of nitrogens with one attached hydrogen (secondary N) is 1. The number of aromatic nitrogens is 2. The Bertz CT molecular complexity index is 1040. The monoisotopic (exact) mass is 489 g/mol. The van der Waals surface area contributed by atoms with E-state index in [0.29, 0.717) is 30.3 Å². The van der Waals surface area contributed by atoms with E-state index in [2.05, 4.69) is 14.9 Å². The Morgan fingerprint density at radius 3 is 2.54 bits per heavy atom. The van der Waals surface area contributed by atoms with E-state index in [1.165, 1.54) is 25.3 Å². The number of hydrogen-bond donors (Lipinski definition) is 1. The standard InChI is InChI=1S/C27H37F2N3O3/c1-17-21(25(33)31-20-14-34-15-20)11-23(32(17)13-18-8-6-5-7-9-18)19-10-22(24(28)29)26(30-12-19)35-16-27(2,3)4/h10-12,18,20,24H,5-9,13-16H2,1-4H3,(H,31,33). The lowest BCUT2D eigenvalue weighted by Gasteiger charge is -2.27. The molecule has 1 aliphatic carbocycles. The molecule has 2 aromatic rings. The van der Waals surface area contributed by atoms with Crippen molar-refractivity contribution in [3.05, 3.63) is 35.2 Å². The van der Waals surface area contributed by atoms with Crippen LogP contribution in [0.3, 0.4) is 0 Å². The minimum atomic E-state index is -2.72. The molecular weight excluding hydrogens is 452 g/mol. The molecule has 192 valence electrons. The summed E-state index contributed by atoms with van der Waals surface area (Å²) in [5.74, 6) is 0.303. The number of amides is 1. The first kappa shape index (κ1) is 25.6. The fraction of sp³-hybridized carbons (Fsp3) is 0.630. The normalized spacial score (nSPS) is 17.5. The lowest BCUT2D eigenvalue weighted by molar-refractivity contribution is -0.00347. The van der Waals surface area contributed by atoms with Crippen LogP contribution in [0, 0.1) is 18.3 Å². The van der Waals surface area contributed by atoms with Gasteiger partial charge in [0.2, 0.25) is 5.88 Å². The van der Waals surface area contributed by atoms with Gasteiger partial charge in [-0.2, -0.15) is 0 Å². The van der Waals surface area contributed by atoms with Crippen LogP contribution in [0.1, 0.15) is 80.9 Å². The van der Waals surface area contributed by atoms with Gasteiger partial charge in [0, 0.05) is 24.0 Å². The molecule has 1 N–H and O–H groups in total. The molecule has 1 saturated heterocycles. The zero-order valence-electron chi connectivity index (χ0n) is 21.2. The van der Waals surface area contributed by atoms with Crippen LogP contribution in [0.4, 0.5) is 8.78 Å². The zero-order chi connectivity index (χ0) is 25.2. The van der Waals surface area contributed by atoms with Gasteiger partial charge in [-0.3, -0.25) is 4.79 Å². The van der Waals surface area contributed by atoms with Crippen molar-refractivity contribution in [1.82, 2.24) is 14.9 Å². The Labute approximate surface area is 206 Å². The number of nitrogens with zero attached hydrogens (tertiary/aromatic N) is 2. The predicted octanol–water partition coefficient (Wildman–Crippen LogP) is 5.93. The minimum absolute atomic E-state index is 0.0124. The van der Waals surface area contributed by atoms with Crippen LogP contribution in [0.25, 0.3) is 11.3 Å². The van der Waals surface area contributed by atoms with Crippen molar-refractivity contribution in [2.45, 2.75) is 78.8 Å². The number of carbonyl (C=O) groups is 1. The molecule has 2 aliphatic rings. The number of halogens is 2. The van der Waals surface area contributed by atoms with E-state index in [-0.39, 0.29) is 35.4 Å². The van der Waals surface area contributed by atoms with Gasteiger partial charge < -0.3 is 19.4 Å². The van der Waals surface area contributed by atoms with Gasteiger partial charge in [0.05, 0.1) is 42.7 Å². The van der Waals surface area contributed by atoms with Crippen molar-refractivity contribution in [1.29, 1.82) is 0 Å². The summed E-state index contributed by atoms with van der Waals surface area (Å²) >= 11 is 0. The molecule has 4 rings (SSSR count). The molecule has 2 fully saturated rings. The number of carbonyl (C=O) groups excluding carboxylic acids is 1. The SMILES string of the molecule is Cc1c(C(=O)NC2COC2)cc(-c2cnc(OCC(C)(C)C)c(C(F)F)c2)n1CC1CCCCC1. The van der Waals surface area contributed by atoms with Crippen LogP contribution >= 0.6 is 0 Å². The van der Waals surface area contributed by atoms with Crippen LogP contribution in [0.15, 0.2) is 18.3 Å². The summed E-state index contributed by atoms with van der Waals surface area (Å²) < 4.78 is 41.0. The molecule has 0 unspecified atom stereocenters. The summed E-state index contributed by atoms with van der Waals surface area (Å²) in [6.45, 7) is 9.93. The Morgan fingerprint density at radius 2 is 1.94 bits per heavy atom. The predicted molar refractivity (Wildman–Crippen MR) is 131 cm³/mol. The van der Waals surface area contributed by atoms with E-state index < -0.39 is 6.43 Å². The van der Waals surface area contributed by atoms with Gasteiger partial charge in [-0.1, -0.05) is 40.0 Å². The second-order valence-corrected chi connectivity index (χ2v) is 11.1. The van der Waals surface area contributed by atoms with Crippen molar-refractivity contribution in [3.63, 3.8) is 0 Å². The Hall–Kier alpha value is -2.48. The van der Waals surface area contributed by atoms with E-state index in [1.807, 2.05) is 33.8 Å².